The zero-order valence-electron chi connectivity index (χ0n) is 12.2. The van der Waals surface area contributed by atoms with E-state index in [1.165, 1.54) is 4.88 Å². The lowest BCUT2D eigenvalue weighted by Crippen LogP contribution is -2.52. The van der Waals surface area contributed by atoms with Gasteiger partial charge in [-0.25, -0.2) is 0 Å². The third-order valence-electron chi connectivity index (χ3n) is 4.08. The molecule has 2 rings (SSSR count). The molecule has 1 amide bonds. The van der Waals surface area contributed by atoms with E-state index in [0.717, 1.165) is 30.6 Å². The maximum Gasteiger partial charge on any atom is 0.244 e. The van der Waals surface area contributed by atoms with Crippen LogP contribution in [0.2, 0.25) is 0 Å². The first-order chi connectivity index (χ1) is 9.53. The number of hydrogen-bond donors (Lipinski definition) is 2. The van der Waals surface area contributed by atoms with Crippen LogP contribution in [0.25, 0.3) is 6.08 Å². The summed E-state index contributed by atoms with van der Waals surface area (Å²) in [6.45, 7) is 4.30. The van der Waals surface area contributed by atoms with Crippen molar-refractivity contribution >= 4 is 23.3 Å². The smallest absolute Gasteiger partial charge is 0.244 e. The Kier molecular flexibility index (Phi) is 5.00. The quantitative estimate of drug-likeness (QED) is 0.838. The number of aliphatic hydroxyl groups is 1. The Morgan fingerprint density at radius 3 is 2.75 bits per heavy atom. The first kappa shape index (κ1) is 15.3. The number of carbonyl (C=O) groups excluding carboxylic acids is 1. The van der Waals surface area contributed by atoms with Gasteiger partial charge in [0.2, 0.25) is 5.91 Å². The summed E-state index contributed by atoms with van der Waals surface area (Å²) >= 11 is 1.66. The van der Waals surface area contributed by atoms with Crippen molar-refractivity contribution in [3.63, 3.8) is 0 Å². The maximum atomic E-state index is 12.0. The van der Waals surface area contributed by atoms with Gasteiger partial charge >= 0.3 is 0 Å². The van der Waals surface area contributed by atoms with Gasteiger partial charge in [-0.2, -0.15) is 0 Å². The van der Waals surface area contributed by atoms with Gasteiger partial charge in [-0.1, -0.05) is 6.92 Å². The molecule has 0 radical (unpaired) electrons. The van der Waals surface area contributed by atoms with Crippen LogP contribution in [0.3, 0.4) is 0 Å². The van der Waals surface area contributed by atoms with Crippen molar-refractivity contribution in [2.24, 2.45) is 5.92 Å². The fraction of sp³-hybridized carbons (Fsp3) is 0.562. The second-order valence-corrected chi connectivity index (χ2v) is 7.21. The molecule has 0 spiro atoms. The molecule has 0 unspecified atom stereocenters. The van der Waals surface area contributed by atoms with E-state index >= 15 is 0 Å². The molecular weight excluding hydrogens is 270 g/mol. The highest BCUT2D eigenvalue weighted by atomic mass is 32.1. The lowest BCUT2D eigenvalue weighted by Gasteiger charge is -2.38. The largest absolute Gasteiger partial charge is 0.394 e. The number of aryl methyl sites for hydroxylation is 1. The number of thiophene rings is 1. The van der Waals surface area contributed by atoms with Crippen LogP contribution in [0.5, 0.6) is 0 Å². The third kappa shape index (κ3) is 3.93. The standard InChI is InChI=1S/C16H23NO2S/c1-12-7-9-16(11-18,10-8-12)17-15(19)6-5-14-4-3-13(2)20-14/h3-6,12,18H,7-11H2,1-2H3,(H,17,19). The molecule has 0 aromatic carbocycles. The Hall–Kier alpha value is -1.13. The predicted octanol–water partition coefficient (Wildman–Crippen LogP) is 3.13. The summed E-state index contributed by atoms with van der Waals surface area (Å²) in [5, 5.41) is 12.6. The van der Waals surface area contributed by atoms with Crippen molar-refractivity contribution in [3.8, 4) is 0 Å². The molecule has 0 bridgehead atoms. The van der Waals surface area contributed by atoms with E-state index in [2.05, 4.69) is 12.2 Å². The minimum absolute atomic E-state index is 0.0252. The summed E-state index contributed by atoms with van der Waals surface area (Å²) in [6.07, 6.45) is 7.26. The molecule has 0 atom stereocenters. The number of nitrogens with one attached hydrogen (secondary N) is 1. The third-order valence-corrected chi connectivity index (χ3v) is 5.05. The van der Waals surface area contributed by atoms with Crippen molar-refractivity contribution in [2.45, 2.75) is 45.1 Å². The molecular formula is C16H23NO2S. The lowest BCUT2D eigenvalue weighted by atomic mass is 9.77. The van der Waals surface area contributed by atoms with Crippen LogP contribution < -0.4 is 5.32 Å². The molecule has 2 N–H and O–H groups in total. The highest BCUT2D eigenvalue weighted by Crippen LogP contribution is 2.31. The second kappa shape index (κ2) is 6.55. The molecule has 1 heterocycles. The Balaban J connectivity index is 1.94. The summed E-state index contributed by atoms with van der Waals surface area (Å²) < 4.78 is 0. The Labute approximate surface area is 124 Å². The van der Waals surface area contributed by atoms with Gasteiger partial charge in [-0.05, 0) is 56.7 Å². The average molecular weight is 293 g/mol. The fourth-order valence-corrected chi connectivity index (χ4v) is 3.42. The molecule has 3 nitrogen and oxygen atoms in total. The van der Waals surface area contributed by atoms with Gasteiger partial charge in [0.15, 0.2) is 0 Å². The lowest BCUT2D eigenvalue weighted by molar-refractivity contribution is -0.119. The van der Waals surface area contributed by atoms with Crippen LogP contribution in [0, 0.1) is 12.8 Å². The molecule has 1 saturated carbocycles. The summed E-state index contributed by atoms with van der Waals surface area (Å²) in [7, 11) is 0. The Morgan fingerprint density at radius 2 is 2.20 bits per heavy atom. The highest BCUT2D eigenvalue weighted by Gasteiger charge is 2.34. The van der Waals surface area contributed by atoms with Crippen LogP contribution in [0.4, 0.5) is 0 Å². The molecule has 1 aromatic rings. The Bertz CT molecular complexity index is 484. The molecule has 0 saturated heterocycles. The van der Waals surface area contributed by atoms with Crippen LogP contribution in [0.1, 0.15) is 42.4 Å². The number of aliphatic hydroxyl groups excluding tert-OH is 1. The van der Waals surface area contributed by atoms with E-state index in [9.17, 15) is 9.90 Å². The zero-order chi connectivity index (χ0) is 14.6. The topological polar surface area (TPSA) is 49.3 Å². The molecule has 1 aliphatic carbocycles. The fourth-order valence-electron chi connectivity index (χ4n) is 2.64. The molecule has 20 heavy (non-hydrogen) atoms. The van der Waals surface area contributed by atoms with Crippen LogP contribution in [-0.4, -0.2) is 23.2 Å². The summed E-state index contributed by atoms with van der Waals surface area (Å²) in [6, 6.07) is 4.05. The summed E-state index contributed by atoms with van der Waals surface area (Å²) in [4.78, 5) is 14.3. The van der Waals surface area contributed by atoms with E-state index in [1.807, 2.05) is 25.1 Å². The van der Waals surface area contributed by atoms with Gasteiger partial charge in [-0.3, -0.25) is 4.79 Å². The highest BCUT2D eigenvalue weighted by molar-refractivity contribution is 7.12. The van der Waals surface area contributed by atoms with Crippen molar-refractivity contribution in [1.29, 1.82) is 0 Å². The molecule has 1 fully saturated rings. The van der Waals surface area contributed by atoms with Crippen molar-refractivity contribution in [1.82, 2.24) is 5.32 Å². The van der Waals surface area contributed by atoms with Crippen LogP contribution >= 0.6 is 11.3 Å². The van der Waals surface area contributed by atoms with Gasteiger partial charge in [-0.15, -0.1) is 11.3 Å². The molecule has 110 valence electrons. The van der Waals surface area contributed by atoms with Gasteiger partial charge < -0.3 is 10.4 Å². The van der Waals surface area contributed by atoms with Crippen molar-refractivity contribution in [2.75, 3.05) is 6.61 Å². The number of hydrogen-bond acceptors (Lipinski definition) is 3. The van der Waals surface area contributed by atoms with Crippen LogP contribution in [0.15, 0.2) is 18.2 Å². The minimum Gasteiger partial charge on any atom is -0.394 e. The second-order valence-electron chi connectivity index (χ2n) is 5.89. The number of rotatable bonds is 4. The summed E-state index contributed by atoms with van der Waals surface area (Å²) in [5.74, 6) is 0.580. The van der Waals surface area contributed by atoms with E-state index in [1.54, 1.807) is 17.4 Å². The maximum absolute atomic E-state index is 12.0. The molecule has 1 aliphatic rings. The predicted molar refractivity (Wildman–Crippen MR) is 83.7 cm³/mol. The average Bonchev–Trinajstić information content (AvgIpc) is 2.85. The first-order valence-electron chi connectivity index (χ1n) is 7.20. The normalized spacial score (nSPS) is 26.9. The van der Waals surface area contributed by atoms with Crippen molar-refractivity contribution < 1.29 is 9.90 Å². The van der Waals surface area contributed by atoms with Gasteiger partial charge in [0.25, 0.3) is 0 Å². The van der Waals surface area contributed by atoms with Crippen LogP contribution in [-0.2, 0) is 4.79 Å². The van der Waals surface area contributed by atoms with E-state index in [0.29, 0.717) is 5.92 Å². The van der Waals surface area contributed by atoms with E-state index in [-0.39, 0.29) is 12.5 Å². The van der Waals surface area contributed by atoms with Crippen molar-refractivity contribution in [3.05, 3.63) is 28.0 Å². The van der Waals surface area contributed by atoms with E-state index < -0.39 is 5.54 Å². The van der Waals surface area contributed by atoms with Gasteiger partial charge in [0, 0.05) is 15.8 Å². The molecule has 1 aromatic heterocycles. The van der Waals surface area contributed by atoms with Gasteiger partial charge in [0.05, 0.1) is 12.1 Å². The zero-order valence-corrected chi connectivity index (χ0v) is 13.0. The monoisotopic (exact) mass is 293 g/mol. The Morgan fingerprint density at radius 1 is 1.50 bits per heavy atom. The van der Waals surface area contributed by atoms with E-state index in [4.69, 9.17) is 0 Å². The SMILES string of the molecule is Cc1ccc(C=CC(=O)NC2(CO)CCC(C)CC2)s1. The number of amides is 1. The summed E-state index contributed by atoms with van der Waals surface area (Å²) in [5.41, 5.74) is -0.417. The minimum atomic E-state index is -0.417. The molecule has 0 aliphatic heterocycles. The van der Waals surface area contributed by atoms with Gasteiger partial charge in [0.1, 0.15) is 0 Å². The molecule has 4 heteroatoms. The first-order valence-corrected chi connectivity index (χ1v) is 8.02. The number of carbonyl (C=O) groups is 1.